The first-order valence-electron chi connectivity index (χ1n) is 9.69. The minimum atomic E-state index is -0.383. The summed E-state index contributed by atoms with van der Waals surface area (Å²) in [7, 11) is 3.19. The van der Waals surface area contributed by atoms with Crippen LogP contribution in [0.5, 0.6) is 11.5 Å². The largest absolute Gasteiger partial charge is 0.493 e. The molecule has 0 bridgehead atoms. The average Bonchev–Trinajstić information content (AvgIpc) is 2.71. The van der Waals surface area contributed by atoms with Gasteiger partial charge < -0.3 is 19.8 Å². The molecule has 0 saturated carbocycles. The Morgan fingerprint density at radius 2 is 1.90 bits per heavy atom. The molecule has 0 saturated heterocycles. The summed E-state index contributed by atoms with van der Waals surface area (Å²) in [5.74, 6) is 1.90. The molecule has 1 aromatic carbocycles. The Morgan fingerprint density at radius 1 is 1.17 bits per heavy atom. The molecular formula is C21H29N3O4S2. The minimum Gasteiger partial charge on any atom is -0.493 e. The van der Waals surface area contributed by atoms with Crippen LogP contribution < -0.4 is 20.3 Å². The molecule has 0 aliphatic rings. The number of ether oxygens (including phenoxy) is 2. The second kappa shape index (κ2) is 11.9. The number of thioether (sulfide) groups is 2. The second-order valence-corrected chi connectivity index (χ2v) is 9.79. The van der Waals surface area contributed by atoms with E-state index in [9.17, 15) is 9.59 Å². The highest BCUT2D eigenvalue weighted by Crippen LogP contribution is 2.27. The van der Waals surface area contributed by atoms with Crippen LogP contribution in [0.15, 0.2) is 34.2 Å². The third kappa shape index (κ3) is 7.60. The molecule has 0 aliphatic carbocycles. The van der Waals surface area contributed by atoms with Crippen molar-refractivity contribution < 1.29 is 14.3 Å². The lowest BCUT2D eigenvalue weighted by Gasteiger charge is -2.13. The lowest BCUT2D eigenvalue weighted by molar-refractivity contribution is -0.120. The van der Waals surface area contributed by atoms with Gasteiger partial charge in [0.25, 0.3) is 5.56 Å². The van der Waals surface area contributed by atoms with Crippen LogP contribution in [-0.4, -0.2) is 47.1 Å². The lowest BCUT2D eigenvalue weighted by atomic mass is 10.1. The standard InChI is InChI=1S/C21H29N3O4S2/c1-13(2)29-12-16-11-19(25)24-21(23-16)30-14(3)20(26)22-9-8-15-6-7-17(27-4)18(10-15)28-5/h6-7,10-11,13-14H,8-9,12H2,1-5H3,(H,22,26)(H,23,24,25). The van der Waals surface area contributed by atoms with Gasteiger partial charge in [-0.15, -0.1) is 0 Å². The van der Waals surface area contributed by atoms with Gasteiger partial charge in [-0.05, 0) is 36.3 Å². The summed E-state index contributed by atoms with van der Waals surface area (Å²) in [5.41, 5.74) is 1.56. The van der Waals surface area contributed by atoms with Gasteiger partial charge in [0.05, 0.1) is 25.2 Å². The Labute approximate surface area is 185 Å². The van der Waals surface area contributed by atoms with Gasteiger partial charge in [0.15, 0.2) is 16.7 Å². The second-order valence-electron chi connectivity index (χ2n) is 6.89. The summed E-state index contributed by atoms with van der Waals surface area (Å²) in [6.45, 7) is 6.49. The van der Waals surface area contributed by atoms with Gasteiger partial charge in [-0.2, -0.15) is 11.8 Å². The number of hydrogen-bond donors (Lipinski definition) is 2. The van der Waals surface area contributed by atoms with Crippen molar-refractivity contribution in [3.63, 3.8) is 0 Å². The van der Waals surface area contributed by atoms with Crippen LogP contribution in [0.4, 0.5) is 0 Å². The van der Waals surface area contributed by atoms with Crippen LogP contribution in [-0.2, 0) is 17.0 Å². The molecule has 30 heavy (non-hydrogen) atoms. The molecule has 7 nitrogen and oxygen atoms in total. The molecule has 0 fully saturated rings. The lowest BCUT2D eigenvalue weighted by Crippen LogP contribution is -2.32. The number of aromatic amines is 1. The molecule has 0 aliphatic heterocycles. The minimum absolute atomic E-state index is 0.106. The fourth-order valence-electron chi connectivity index (χ4n) is 2.60. The Hall–Kier alpha value is -2.13. The van der Waals surface area contributed by atoms with Gasteiger partial charge >= 0.3 is 0 Å². The number of H-pyrrole nitrogens is 1. The van der Waals surface area contributed by atoms with E-state index in [1.54, 1.807) is 32.9 Å². The van der Waals surface area contributed by atoms with Crippen molar-refractivity contribution in [1.29, 1.82) is 0 Å². The van der Waals surface area contributed by atoms with Crippen LogP contribution in [0, 0.1) is 0 Å². The van der Waals surface area contributed by atoms with Crippen LogP contribution in [0.3, 0.4) is 0 Å². The normalized spacial score (nSPS) is 11.9. The van der Waals surface area contributed by atoms with E-state index in [1.807, 2.05) is 18.2 Å². The molecule has 9 heteroatoms. The number of rotatable bonds is 11. The zero-order valence-electron chi connectivity index (χ0n) is 18.0. The topological polar surface area (TPSA) is 93.3 Å². The molecule has 0 spiro atoms. The van der Waals surface area contributed by atoms with Gasteiger partial charge in [0.1, 0.15) is 0 Å². The first-order chi connectivity index (χ1) is 14.3. The van der Waals surface area contributed by atoms with E-state index >= 15 is 0 Å². The number of carbonyl (C=O) groups excluding carboxylic acids is 1. The Morgan fingerprint density at radius 3 is 2.57 bits per heavy atom. The number of carbonyl (C=O) groups is 1. The van der Waals surface area contributed by atoms with Crippen molar-refractivity contribution in [3.05, 3.63) is 45.9 Å². The predicted octanol–water partition coefficient (Wildman–Crippen LogP) is 3.27. The smallest absolute Gasteiger partial charge is 0.251 e. The van der Waals surface area contributed by atoms with E-state index in [1.165, 1.54) is 17.8 Å². The quantitative estimate of drug-likeness (QED) is 0.400. The van der Waals surface area contributed by atoms with Crippen molar-refractivity contribution in [2.24, 2.45) is 0 Å². The van der Waals surface area contributed by atoms with Crippen molar-refractivity contribution >= 4 is 29.4 Å². The maximum atomic E-state index is 12.4. The molecule has 1 atom stereocenters. The molecule has 2 aromatic rings. The first-order valence-corrected chi connectivity index (χ1v) is 11.6. The van der Waals surface area contributed by atoms with Crippen molar-refractivity contribution in [1.82, 2.24) is 15.3 Å². The summed E-state index contributed by atoms with van der Waals surface area (Å²) in [5, 5.41) is 3.47. The predicted molar refractivity (Wildman–Crippen MR) is 123 cm³/mol. The average molecular weight is 452 g/mol. The van der Waals surface area contributed by atoms with Crippen LogP contribution in [0.1, 0.15) is 32.0 Å². The van der Waals surface area contributed by atoms with E-state index < -0.39 is 0 Å². The Kier molecular flexibility index (Phi) is 9.58. The summed E-state index contributed by atoms with van der Waals surface area (Å²) in [6.07, 6.45) is 0.667. The molecular weight excluding hydrogens is 422 g/mol. The fourth-order valence-corrected chi connectivity index (χ4v) is 4.10. The van der Waals surface area contributed by atoms with E-state index in [2.05, 4.69) is 29.1 Å². The Balaban J connectivity index is 1.88. The molecule has 164 valence electrons. The zero-order valence-corrected chi connectivity index (χ0v) is 19.6. The maximum absolute atomic E-state index is 12.4. The number of methoxy groups -OCH3 is 2. The van der Waals surface area contributed by atoms with Gasteiger partial charge in [-0.1, -0.05) is 31.7 Å². The number of amides is 1. The molecule has 1 unspecified atom stereocenters. The summed E-state index contributed by atoms with van der Waals surface area (Å²) in [6, 6.07) is 7.20. The molecule has 1 amide bonds. The third-order valence-corrected chi connectivity index (χ3v) is 6.27. The monoisotopic (exact) mass is 451 g/mol. The van der Waals surface area contributed by atoms with Crippen molar-refractivity contribution in [3.8, 4) is 11.5 Å². The van der Waals surface area contributed by atoms with Gasteiger partial charge in [-0.3, -0.25) is 9.59 Å². The molecule has 1 heterocycles. The number of benzene rings is 1. The molecule has 2 N–H and O–H groups in total. The number of nitrogens with one attached hydrogen (secondary N) is 2. The number of aromatic nitrogens is 2. The first kappa shape index (κ1) is 24.1. The Bertz CT molecular complexity index is 902. The summed E-state index contributed by atoms with van der Waals surface area (Å²) in [4.78, 5) is 31.5. The van der Waals surface area contributed by atoms with E-state index in [0.717, 1.165) is 11.3 Å². The zero-order chi connectivity index (χ0) is 22.1. The van der Waals surface area contributed by atoms with E-state index in [-0.39, 0.29) is 16.7 Å². The molecule has 2 rings (SSSR count). The van der Waals surface area contributed by atoms with Crippen LogP contribution in [0.2, 0.25) is 0 Å². The highest BCUT2D eigenvalue weighted by atomic mass is 32.2. The summed E-state index contributed by atoms with van der Waals surface area (Å²) < 4.78 is 10.5. The molecule has 1 aromatic heterocycles. The highest BCUT2D eigenvalue weighted by molar-refractivity contribution is 8.00. The van der Waals surface area contributed by atoms with E-state index in [4.69, 9.17) is 9.47 Å². The summed E-state index contributed by atoms with van der Waals surface area (Å²) >= 11 is 2.97. The highest BCUT2D eigenvalue weighted by Gasteiger charge is 2.16. The number of nitrogens with zero attached hydrogens (tertiary/aromatic N) is 1. The third-order valence-electron chi connectivity index (χ3n) is 4.16. The van der Waals surface area contributed by atoms with E-state index in [0.29, 0.717) is 40.6 Å². The molecule has 0 radical (unpaired) electrons. The van der Waals surface area contributed by atoms with Gasteiger partial charge in [-0.25, -0.2) is 4.98 Å². The van der Waals surface area contributed by atoms with Crippen molar-refractivity contribution in [2.45, 2.75) is 48.6 Å². The van der Waals surface area contributed by atoms with Gasteiger partial charge in [0, 0.05) is 18.4 Å². The number of hydrogen-bond acceptors (Lipinski definition) is 7. The van der Waals surface area contributed by atoms with Crippen LogP contribution in [0.25, 0.3) is 0 Å². The fraction of sp³-hybridized carbons (Fsp3) is 0.476. The van der Waals surface area contributed by atoms with Crippen molar-refractivity contribution in [2.75, 3.05) is 20.8 Å². The van der Waals surface area contributed by atoms with Gasteiger partial charge in [0.2, 0.25) is 5.91 Å². The van der Waals surface area contributed by atoms with Crippen LogP contribution >= 0.6 is 23.5 Å². The maximum Gasteiger partial charge on any atom is 0.251 e. The SMILES string of the molecule is COc1ccc(CCNC(=O)C(C)Sc2nc(CSC(C)C)cc(=O)[nH]2)cc1OC.